The number of nitrogens with one attached hydrogen (secondary N) is 1. The van der Waals surface area contributed by atoms with Gasteiger partial charge in [0.05, 0.1) is 11.9 Å². The van der Waals surface area contributed by atoms with E-state index in [4.69, 9.17) is 5.73 Å². The Morgan fingerprint density at radius 1 is 1.39 bits per heavy atom. The second-order valence-electron chi connectivity index (χ2n) is 3.85. The Labute approximate surface area is 105 Å². The van der Waals surface area contributed by atoms with Crippen LogP contribution < -0.4 is 10.5 Å². The molecule has 0 aromatic carbocycles. The molecule has 0 unspecified atom stereocenters. The molecular weight excluding hydrogens is 254 g/mol. The summed E-state index contributed by atoms with van der Waals surface area (Å²) in [5, 5.41) is 3.79. The van der Waals surface area contributed by atoms with Crippen LogP contribution in [0.3, 0.4) is 0 Å². The van der Waals surface area contributed by atoms with Crippen molar-refractivity contribution in [1.29, 1.82) is 0 Å². The molecule has 0 saturated carbocycles. The highest BCUT2D eigenvalue weighted by molar-refractivity contribution is 7.92. The topological polar surface area (TPSA) is 103 Å². The fourth-order valence-electron chi connectivity index (χ4n) is 1.43. The molecule has 0 bridgehead atoms. The standard InChI is InChI=1S/C10H13N5O2S/c1-7-3-4-8(5-12-7)14-18(16,17)9-6-15(2)13-10(9)11/h3-6,14H,1-2H3,(H2,11,13). The van der Waals surface area contributed by atoms with Crippen molar-refractivity contribution in [1.82, 2.24) is 14.8 Å². The first-order valence-electron chi connectivity index (χ1n) is 5.13. The fraction of sp³-hybridized carbons (Fsp3) is 0.200. The molecular formula is C10H13N5O2S. The van der Waals surface area contributed by atoms with Gasteiger partial charge in [-0.25, -0.2) is 8.42 Å². The summed E-state index contributed by atoms with van der Waals surface area (Å²) in [6, 6.07) is 3.34. The number of nitrogens with two attached hydrogens (primary N) is 1. The third-order valence-electron chi connectivity index (χ3n) is 2.28. The molecule has 8 heteroatoms. The van der Waals surface area contributed by atoms with Crippen LogP contribution in [-0.2, 0) is 17.1 Å². The van der Waals surface area contributed by atoms with Crippen molar-refractivity contribution in [3.05, 3.63) is 30.2 Å². The molecule has 7 nitrogen and oxygen atoms in total. The first-order valence-corrected chi connectivity index (χ1v) is 6.61. The van der Waals surface area contributed by atoms with Crippen molar-refractivity contribution in [2.24, 2.45) is 7.05 Å². The predicted octanol–water partition coefficient (Wildman–Crippen LogP) is 0.507. The van der Waals surface area contributed by atoms with E-state index in [9.17, 15) is 8.42 Å². The predicted molar refractivity (Wildman–Crippen MR) is 67.4 cm³/mol. The average molecular weight is 267 g/mol. The molecule has 2 aromatic rings. The largest absolute Gasteiger partial charge is 0.381 e. The Balaban J connectivity index is 2.33. The number of hydrogen-bond acceptors (Lipinski definition) is 5. The normalized spacial score (nSPS) is 11.4. The van der Waals surface area contributed by atoms with Gasteiger partial charge in [-0.3, -0.25) is 14.4 Å². The lowest BCUT2D eigenvalue weighted by Crippen LogP contribution is -2.14. The number of anilines is 2. The van der Waals surface area contributed by atoms with Crippen LogP contribution in [-0.4, -0.2) is 23.2 Å². The van der Waals surface area contributed by atoms with E-state index in [1.807, 2.05) is 6.92 Å². The first kappa shape index (κ1) is 12.4. The molecule has 3 N–H and O–H groups in total. The van der Waals surface area contributed by atoms with Gasteiger partial charge in [0.15, 0.2) is 5.82 Å². The van der Waals surface area contributed by atoms with Crippen LogP contribution in [0.2, 0.25) is 0 Å². The molecule has 2 aromatic heterocycles. The van der Waals surface area contributed by atoms with Crippen LogP contribution in [0.1, 0.15) is 5.69 Å². The van der Waals surface area contributed by atoms with E-state index in [-0.39, 0.29) is 10.7 Å². The molecule has 0 aliphatic rings. The first-order chi connectivity index (χ1) is 8.38. The number of rotatable bonds is 3. The molecule has 18 heavy (non-hydrogen) atoms. The van der Waals surface area contributed by atoms with E-state index in [0.29, 0.717) is 5.69 Å². The van der Waals surface area contributed by atoms with Gasteiger partial charge in [0.2, 0.25) is 0 Å². The number of aromatic nitrogens is 3. The van der Waals surface area contributed by atoms with Crippen molar-refractivity contribution >= 4 is 21.5 Å². The number of sulfonamides is 1. The number of nitrogen functional groups attached to an aromatic ring is 1. The quantitative estimate of drug-likeness (QED) is 0.843. The average Bonchev–Trinajstić information content (AvgIpc) is 2.62. The molecule has 2 heterocycles. The van der Waals surface area contributed by atoms with Crippen LogP contribution >= 0.6 is 0 Å². The number of aryl methyl sites for hydroxylation is 2. The van der Waals surface area contributed by atoms with E-state index in [2.05, 4.69) is 14.8 Å². The number of hydrogen-bond donors (Lipinski definition) is 2. The van der Waals surface area contributed by atoms with Gasteiger partial charge < -0.3 is 5.73 Å². The fourth-order valence-corrected chi connectivity index (χ4v) is 2.58. The summed E-state index contributed by atoms with van der Waals surface area (Å²) >= 11 is 0. The summed E-state index contributed by atoms with van der Waals surface area (Å²) in [6.07, 6.45) is 2.79. The Hall–Kier alpha value is -2.09. The lowest BCUT2D eigenvalue weighted by molar-refractivity contribution is 0.601. The zero-order chi connectivity index (χ0) is 13.3. The molecule has 0 saturated heterocycles. The lowest BCUT2D eigenvalue weighted by atomic mass is 10.4. The summed E-state index contributed by atoms with van der Waals surface area (Å²) in [5.41, 5.74) is 6.72. The van der Waals surface area contributed by atoms with Gasteiger partial charge in [-0.2, -0.15) is 5.10 Å². The van der Waals surface area contributed by atoms with Crippen LogP contribution in [0.4, 0.5) is 11.5 Å². The second kappa shape index (κ2) is 4.30. The van der Waals surface area contributed by atoms with Crippen LogP contribution in [0.25, 0.3) is 0 Å². The maximum Gasteiger partial charge on any atom is 0.267 e. The minimum absolute atomic E-state index is 0.0370. The van der Waals surface area contributed by atoms with Gasteiger partial charge in [0, 0.05) is 18.9 Å². The molecule has 0 atom stereocenters. The monoisotopic (exact) mass is 267 g/mol. The third kappa shape index (κ3) is 2.43. The van der Waals surface area contributed by atoms with Crippen molar-refractivity contribution < 1.29 is 8.42 Å². The molecule has 0 fully saturated rings. The molecule has 2 rings (SSSR count). The summed E-state index contributed by atoms with van der Waals surface area (Å²) < 4.78 is 27.8. The zero-order valence-corrected chi connectivity index (χ0v) is 10.8. The number of nitrogens with zero attached hydrogens (tertiary/aromatic N) is 3. The van der Waals surface area contributed by atoms with Crippen molar-refractivity contribution in [2.45, 2.75) is 11.8 Å². The molecule has 96 valence electrons. The highest BCUT2D eigenvalue weighted by Crippen LogP contribution is 2.19. The van der Waals surface area contributed by atoms with Gasteiger partial charge in [-0.1, -0.05) is 0 Å². The summed E-state index contributed by atoms with van der Waals surface area (Å²) in [4.78, 5) is 3.96. The van der Waals surface area contributed by atoms with E-state index in [1.54, 1.807) is 19.2 Å². The lowest BCUT2D eigenvalue weighted by Gasteiger charge is -2.06. The molecule has 0 aliphatic carbocycles. The summed E-state index contributed by atoms with van der Waals surface area (Å²) in [5.74, 6) is -0.0370. The van der Waals surface area contributed by atoms with Gasteiger partial charge in [-0.05, 0) is 19.1 Å². The van der Waals surface area contributed by atoms with Gasteiger partial charge >= 0.3 is 0 Å². The number of pyridine rings is 1. The van der Waals surface area contributed by atoms with E-state index >= 15 is 0 Å². The highest BCUT2D eigenvalue weighted by Gasteiger charge is 2.20. The molecule has 0 spiro atoms. The molecule has 0 aliphatic heterocycles. The van der Waals surface area contributed by atoms with E-state index in [1.165, 1.54) is 17.1 Å². The van der Waals surface area contributed by atoms with E-state index < -0.39 is 10.0 Å². The summed E-state index contributed by atoms with van der Waals surface area (Å²) in [7, 11) is -2.13. The zero-order valence-electron chi connectivity index (χ0n) is 9.95. The summed E-state index contributed by atoms with van der Waals surface area (Å²) in [6.45, 7) is 1.82. The SMILES string of the molecule is Cc1ccc(NS(=O)(=O)c2cn(C)nc2N)cn1. The maximum atomic E-state index is 12.0. The Morgan fingerprint density at radius 3 is 2.61 bits per heavy atom. The van der Waals surface area contributed by atoms with Gasteiger partial charge in [0.1, 0.15) is 4.90 Å². The third-order valence-corrected chi connectivity index (χ3v) is 3.67. The minimum Gasteiger partial charge on any atom is -0.381 e. The van der Waals surface area contributed by atoms with Crippen molar-refractivity contribution in [2.75, 3.05) is 10.5 Å². The van der Waals surface area contributed by atoms with Crippen LogP contribution in [0, 0.1) is 6.92 Å². The highest BCUT2D eigenvalue weighted by atomic mass is 32.2. The molecule has 0 amide bonds. The molecule has 0 radical (unpaired) electrons. The minimum atomic E-state index is -3.73. The smallest absolute Gasteiger partial charge is 0.267 e. The van der Waals surface area contributed by atoms with Crippen molar-refractivity contribution in [3.63, 3.8) is 0 Å². The van der Waals surface area contributed by atoms with Gasteiger partial charge in [0.25, 0.3) is 10.0 Å². The van der Waals surface area contributed by atoms with Crippen LogP contribution in [0.5, 0.6) is 0 Å². The maximum absolute atomic E-state index is 12.0. The Morgan fingerprint density at radius 2 is 2.11 bits per heavy atom. The Kier molecular flexibility index (Phi) is 2.95. The van der Waals surface area contributed by atoms with Gasteiger partial charge in [-0.15, -0.1) is 0 Å². The second-order valence-corrected chi connectivity index (χ2v) is 5.50. The van der Waals surface area contributed by atoms with Crippen molar-refractivity contribution in [3.8, 4) is 0 Å². The van der Waals surface area contributed by atoms with E-state index in [0.717, 1.165) is 5.69 Å². The Bertz CT molecular complexity index is 660. The van der Waals surface area contributed by atoms with Crippen LogP contribution in [0.15, 0.2) is 29.4 Å².